The summed E-state index contributed by atoms with van der Waals surface area (Å²) in [5.74, 6) is 0. The molecule has 66 valence electrons. The molecule has 13 heavy (non-hydrogen) atoms. The van der Waals surface area contributed by atoms with E-state index in [2.05, 4.69) is 13.8 Å². The van der Waals surface area contributed by atoms with Gasteiger partial charge < -0.3 is 0 Å². The molecule has 0 saturated carbocycles. The molecule has 0 N–H and O–H groups in total. The summed E-state index contributed by atoms with van der Waals surface area (Å²) in [6.07, 6.45) is 0. The van der Waals surface area contributed by atoms with Crippen molar-refractivity contribution in [1.29, 1.82) is 0 Å². The van der Waals surface area contributed by atoms with Crippen LogP contribution in [0.4, 0.5) is 0 Å². The van der Waals surface area contributed by atoms with E-state index >= 15 is 0 Å². The minimum absolute atomic E-state index is 1.17. The average molecular weight is 337 g/mol. The molecule has 1 spiro atoms. The molecule has 10 aliphatic rings. The molecular formula is C12H14Hf. The standard InChI is InChI=1S/C7H9.C5H5.Hf/c1-6-4-3-5-7(6)2;1-2-4-5-3-1;/h3-5H,1-2H3;1-5H;. The third-order valence-corrected chi connectivity index (χ3v) is 171. The van der Waals surface area contributed by atoms with Gasteiger partial charge in [0.2, 0.25) is 0 Å². The molecule has 0 bridgehead atoms. The van der Waals surface area contributed by atoms with Crippen LogP contribution in [0.5, 0.6) is 0 Å². The fourth-order valence-corrected chi connectivity index (χ4v) is 424. The maximum atomic E-state index is 2.84. The summed E-state index contributed by atoms with van der Waals surface area (Å²) in [6, 6.07) is 0. The van der Waals surface area contributed by atoms with Crippen LogP contribution in [0.1, 0.15) is 13.8 Å². The van der Waals surface area contributed by atoms with Gasteiger partial charge in [0.15, 0.2) is 0 Å². The minimum atomic E-state index is -3.20. The van der Waals surface area contributed by atoms with Gasteiger partial charge >= 0.3 is 60.7 Å². The second-order valence-corrected chi connectivity index (χ2v) is 90.9. The van der Waals surface area contributed by atoms with Gasteiger partial charge in [-0.1, -0.05) is 0 Å². The Kier molecular flexibility index (Phi) is 0.0914. The van der Waals surface area contributed by atoms with Crippen molar-refractivity contribution in [3.63, 3.8) is 0 Å². The van der Waals surface area contributed by atoms with Gasteiger partial charge in [-0.05, 0) is 0 Å². The third-order valence-electron chi connectivity index (χ3n) is 22.5. The SMILES string of the molecule is C[C]12[CH]3[CH]4[CH]5[C]1(C)[Hf]43521678[CH]2[CH]1[CH]6[CH]7[CH]28. The zero-order valence-corrected chi connectivity index (χ0v) is 11.7. The molecule has 0 aromatic carbocycles. The van der Waals surface area contributed by atoms with Gasteiger partial charge in [0.25, 0.3) is 0 Å². The van der Waals surface area contributed by atoms with E-state index in [-0.39, 0.29) is 0 Å². The van der Waals surface area contributed by atoms with Crippen molar-refractivity contribution >= 4 is 0 Å². The van der Waals surface area contributed by atoms with Gasteiger partial charge in [-0.15, -0.1) is 0 Å². The number of hydrogen-bond donors (Lipinski definition) is 0. The molecule has 0 aromatic rings. The number of rotatable bonds is 0. The maximum absolute atomic E-state index is 3.20. The molecule has 10 aliphatic heterocycles. The van der Waals surface area contributed by atoms with E-state index in [1.165, 1.54) is 6.34 Å². The van der Waals surface area contributed by atoms with Gasteiger partial charge in [-0.2, -0.15) is 0 Å². The van der Waals surface area contributed by atoms with Crippen LogP contribution in [0.2, 0.25) is 35.7 Å². The summed E-state index contributed by atoms with van der Waals surface area (Å²) in [5, 5.41) is 0. The van der Waals surface area contributed by atoms with E-state index < -0.39 is 11.2 Å². The van der Waals surface area contributed by atoms with E-state index in [1.54, 1.807) is 29.4 Å². The van der Waals surface area contributed by atoms with Crippen LogP contribution in [0.15, 0.2) is 0 Å². The first-order valence-corrected chi connectivity index (χ1v) is 27.2. The summed E-state index contributed by atoms with van der Waals surface area (Å²) < 4.78 is 14.8. The Morgan fingerprint density at radius 2 is 1.08 bits per heavy atom. The predicted molar refractivity (Wildman–Crippen MR) is 46.7 cm³/mol. The third kappa shape index (κ3) is 0.0293. The van der Waals surface area contributed by atoms with Gasteiger partial charge in [0, 0.05) is 0 Å². The summed E-state index contributed by atoms with van der Waals surface area (Å²) in [6.45, 7) is 5.69. The number of hydrogen-bond acceptors (Lipinski definition) is 0. The molecule has 10 heterocycles. The Morgan fingerprint density at radius 1 is 0.692 bits per heavy atom. The van der Waals surface area contributed by atoms with Crippen molar-refractivity contribution in [3.8, 4) is 0 Å². The van der Waals surface area contributed by atoms with Crippen LogP contribution in [0.25, 0.3) is 0 Å². The van der Waals surface area contributed by atoms with Crippen molar-refractivity contribution in [1.82, 2.24) is 0 Å². The van der Waals surface area contributed by atoms with E-state index in [0.29, 0.717) is 0 Å². The Labute approximate surface area is 60.5 Å². The average Bonchev–Trinajstić information content (AvgIpc) is 3.02. The molecule has 0 aromatic heterocycles. The van der Waals surface area contributed by atoms with E-state index in [4.69, 9.17) is 0 Å². The second-order valence-electron chi connectivity index (χ2n) is 13.6. The molecule has 0 nitrogen and oxygen atoms in total. The van der Waals surface area contributed by atoms with Crippen LogP contribution < -0.4 is 0 Å². The van der Waals surface area contributed by atoms with E-state index in [9.17, 15) is 0 Å². The van der Waals surface area contributed by atoms with Crippen molar-refractivity contribution in [2.24, 2.45) is 0 Å². The fourth-order valence-electron chi connectivity index (χ4n) is 27.1. The van der Waals surface area contributed by atoms with Crippen molar-refractivity contribution in [2.45, 2.75) is 49.6 Å². The molecule has 10 saturated heterocycles. The van der Waals surface area contributed by atoms with Crippen LogP contribution in [0.3, 0.4) is 0 Å². The van der Waals surface area contributed by atoms with Crippen molar-refractivity contribution in [2.75, 3.05) is 0 Å². The molecule has 0 radical (unpaired) electrons. The summed E-state index contributed by atoms with van der Waals surface area (Å²) in [5.41, 5.74) is 0. The predicted octanol–water partition coefficient (Wildman–Crippen LogP) is 4.16. The van der Waals surface area contributed by atoms with Gasteiger partial charge in [-0.3, -0.25) is 0 Å². The molecule has 4 unspecified atom stereocenters. The molecule has 10 rings (SSSR count). The Hall–Kier alpha value is 0.870. The van der Waals surface area contributed by atoms with E-state index in [0.717, 1.165) is 0 Å². The number of fused-ring (bicyclic) bond motifs is 10. The van der Waals surface area contributed by atoms with Crippen molar-refractivity contribution in [3.05, 3.63) is 0 Å². The van der Waals surface area contributed by atoms with Crippen LogP contribution >= 0.6 is 0 Å². The monoisotopic (exact) mass is 338 g/mol. The van der Waals surface area contributed by atoms with Crippen LogP contribution in [0, 0.1) is 0 Å². The molecule has 1 heteroatoms. The Morgan fingerprint density at radius 3 is 1.08 bits per heavy atom. The topological polar surface area (TPSA) is 0 Å². The summed E-state index contributed by atoms with van der Waals surface area (Å²) in [4.78, 5) is 0. The zero-order valence-electron chi connectivity index (χ0n) is 8.12. The van der Waals surface area contributed by atoms with Crippen molar-refractivity contribution < 1.29 is 11.2 Å². The van der Waals surface area contributed by atoms with E-state index in [1.807, 2.05) is 0 Å². The molecule has 0 aliphatic carbocycles. The second kappa shape index (κ2) is 0.271. The Balaban J connectivity index is 2.20. The van der Waals surface area contributed by atoms with Crippen LogP contribution in [-0.4, -0.2) is 0 Å². The fraction of sp³-hybridized carbons (Fsp3) is 1.00. The first-order chi connectivity index (χ1) is 5.94. The molecule has 4 atom stereocenters. The summed E-state index contributed by atoms with van der Waals surface area (Å²) >= 11 is -3.20. The first-order valence-electron chi connectivity index (χ1n) is 6.97. The molecule has 10 fully saturated rings. The quantitative estimate of drug-likeness (QED) is 0.583. The zero-order chi connectivity index (χ0) is 7.94. The van der Waals surface area contributed by atoms with Gasteiger partial charge in [-0.25, -0.2) is 0 Å². The Bertz CT molecular complexity index is 815. The van der Waals surface area contributed by atoms with Crippen LogP contribution in [-0.2, 0) is 11.2 Å². The van der Waals surface area contributed by atoms with Gasteiger partial charge in [0.1, 0.15) is 0 Å². The summed E-state index contributed by atoms with van der Waals surface area (Å²) in [7, 11) is 0. The van der Waals surface area contributed by atoms with Gasteiger partial charge in [0.05, 0.1) is 0 Å². The molecular weight excluding hydrogens is 323 g/mol. The normalized spacial score (nSPS) is 158. The molecule has 0 amide bonds. The first kappa shape index (κ1) is 4.39.